The maximum absolute atomic E-state index is 5.57. The van der Waals surface area contributed by atoms with Gasteiger partial charge in [-0.05, 0) is 54.3 Å². The van der Waals surface area contributed by atoms with E-state index in [2.05, 4.69) is 61.6 Å². The predicted octanol–water partition coefficient (Wildman–Crippen LogP) is 3.83. The van der Waals surface area contributed by atoms with Crippen molar-refractivity contribution in [1.29, 1.82) is 0 Å². The normalized spacial score (nSPS) is 14.6. The summed E-state index contributed by atoms with van der Waals surface area (Å²) in [6.45, 7) is 6.23. The van der Waals surface area contributed by atoms with Crippen LogP contribution in [-0.4, -0.2) is 19.2 Å². The number of likely N-dealkylation sites (N-methyl/N-ethyl adjacent to an activating group) is 1. The van der Waals surface area contributed by atoms with Crippen LogP contribution in [0.3, 0.4) is 0 Å². The molecule has 0 fully saturated rings. The molecule has 1 atom stereocenters. The molecule has 1 heterocycles. The van der Waals surface area contributed by atoms with Gasteiger partial charge in [-0.25, -0.2) is 0 Å². The van der Waals surface area contributed by atoms with E-state index in [1.54, 1.807) is 0 Å². The highest BCUT2D eigenvalue weighted by Crippen LogP contribution is 2.30. The Morgan fingerprint density at radius 2 is 1.86 bits per heavy atom. The van der Waals surface area contributed by atoms with Crippen LogP contribution in [0.4, 0.5) is 0 Å². The summed E-state index contributed by atoms with van der Waals surface area (Å²) in [6.07, 6.45) is 2.10. The Hall–Kier alpha value is -1.80. The number of hydrogen-bond donors (Lipinski definition) is 1. The van der Waals surface area contributed by atoms with Crippen LogP contribution in [0.5, 0.6) is 5.75 Å². The Bertz CT molecular complexity index is 603. The van der Waals surface area contributed by atoms with Crippen molar-refractivity contribution < 1.29 is 4.74 Å². The van der Waals surface area contributed by atoms with Gasteiger partial charge in [-0.15, -0.1) is 0 Å². The van der Waals surface area contributed by atoms with Crippen molar-refractivity contribution in [1.82, 2.24) is 5.32 Å². The van der Waals surface area contributed by atoms with Gasteiger partial charge in [0.15, 0.2) is 0 Å². The van der Waals surface area contributed by atoms with E-state index in [4.69, 9.17) is 4.74 Å². The molecule has 0 aromatic heterocycles. The van der Waals surface area contributed by atoms with E-state index in [1.165, 1.54) is 22.3 Å². The molecule has 1 aliphatic heterocycles. The maximum Gasteiger partial charge on any atom is 0.122 e. The molecule has 2 aromatic carbocycles. The van der Waals surface area contributed by atoms with E-state index in [9.17, 15) is 0 Å². The lowest BCUT2D eigenvalue weighted by molar-refractivity contribution is 0.357. The topological polar surface area (TPSA) is 21.3 Å². The first-order chi connectivity index (χ1) is 10.3. The highest BCUT2D eigenvalue weighted by molar-refractivity contribution is 5.66. The van der Waals surface area contributed by atoms with Crippen molar-refractivity contribution in [2.75, 3.05) is 13.2 Å². The molecule has 21 heavy (non-hydrogen) atoms. The van der Waals surface area contributed by atoms with Gasteiger partial charge in [0, 0.05) is 12.5 Å². The van der Waals surface area contributed by atoms with Gasteiger partial charge >= 0.3 is 0 Å². The average Bonchev–Trinajstić information content (AvgIpc) is 2.95. The summed E-state index contributed by atoms with van der Waals surface area (Å²) < 4.78 is 5.57. The van der Waals surface area contributed by atoms with Crippen LogP contribution < -0.4 is 10.1 Å². The Labute approximate surface area is 127 Å². The summed E-state index contributed by atoms with van der Waals surface area (Å²) in [5.41, 5.74) is 5.28. The molecule has 2 nitrogen and oxygen atoms in total. The maximum atomic E-state index is 5.57. The van der Waals surface area contributed by atoms with Crippen molar-refractivity contribution in [3.63, 3.8) is 0 Å². The molecule has 0 amide bonds. The van der Waals surface area contributed by atoms with E-state index < -0.39 is 0 Å². The summed E-state index contributed by atoms with van der Waals surface area (Å²) >= 11 is 0. The van der Waals surface area contributed by atoms with Crippen molar-refractivity contribution >= 4 is 0 Å². The van der Waals surface area contributed by atoms with Crippen molar-refractivity contribution in [2.45, 2.75) is 32.7 Å². The number of ether oxygens (including phenoxy) is 1. The second-order valence-electron chi connectivity index (χ2n) is 5.78. The van der Waals surface area contributed by atoms with Gasteiger partial charge in [0.25, 0.3) is 0 Å². The summed E-state index contributed by atoms with van der Waals surface area (Å²) in [4.78, 5) is 0. The second-order valence-corrected chi connectivity index (χ2v) is 5.78. The molecule has 1 unspecified atom stereocenters. The highest BCUT2D eigenvalue weighted by Gasteiger charge is 2.12. The van der Waals surface area contributed by atoms with Crippen LogP contribution in [0.1, 0.15) is 25.0 Å². The number of hydrogen-bond acceptors (Lipinski definition) is 2. The zero-order chi connectivity index (χ0) is 14.7. The van der Waals surface area contributed by atoms with E-state index in [1.807, 2.05) is 0 Å². The quantitative estimate of drug-likeness (QED) is 0.899. The average molecular weight is 281 g/mol. The van der Waals surface area contributed by atoms with Gasteiger partial charge < -0.3 is 10.1 Å². The lowest BCUT2D eigenvalue weighted by atomic mass is 9.99. The third-order valence-electron chi connectivity index (χ3n) is 4.07. The monoisotopic (exact) mass is 281 g/mol. The zero-order valence-corrected chi connectivity index (χ0v) is 12.9. The molecule has 0 spiro atoms. The van der Waals surface area contributed by atoms with E-state index in [-0.39, 0.29) is 0 Å². The number of benzene rings is 2. The molecule has 1 N–H and O–H groups in total. The van der Waals surface area contributed by atoms with Gasteiger partial charge in [0.2, 0.25) is 0 Å². The first kappa shape index (κ1) is 14.2. The molecular formula is C19H23NO. The van der Waals surface area contributed by atoms with Crippen LogP contribution in [-0.2, 0) is 12.8 Å². The molecule has 3 rings (SSSR count). The van der Waals surface area contributed by atoms with Gasteiger partial charge in [-0.2, -0.15) is 0 Å². The first-order valence-electron chi connectivity index (χ1n) is 7.84. The third kappa shape index (κ3) is 3.27. The van der Waals surface area contributed by atoms with Crippen molar-refractivity contribution in [3.8, 4) is 16.9 Å². The Balaban J connectivity index is 1.75. The van der Waals surface area contributed by atoms with Gasteiger partial charge in [0.1, 0.15) is 5.75 Å². The third-order valence-corrected chi connectivity index (χ3v) is 4.07. The minimum atomic E-state index is 0.526. The first-order valence-corrected chi connectivity index (χ1v) is 7.84. The predicted molar refractivity (Wildman–Crippen MR) is 87.9 cm³/mol. The minimum absolute atomic E-state index is 0.526. The molecule has 2 aromatic rings. The van der Waals surface area contributed by atoms with Crippen LogP contribution in [0.25, 0.3) is 11.1 Å². The number of fused-ring (bicyclic) bond motifs is 1. The second kappa shape index (κ2) is 6.31. The number of rotatable bonds is 5. The van der Waals surface area contributed by atoms with Gasteiger partial charge in [0.05, 0.1) is 6.61 Å². The summed E-state index contributed by atoms with van der Waals surface area (Å²) in [6, 6.07) is 16.0. The van der Waals surface area contributed by atoms with Gasteiger partial charge in [-0.3, -0.25) is 0 Å². The standard InChI is InChI=1S/C19H23NO/c1-3-20-14(2)12-15-4-6-16(7-5-15)17-8-9-19-18(13-17)10-11-21-19/h4-9,13-14,20H,3,10-12H2,1-2H3. The zero-order valence-electron chi connectivity index (χ0n) is 12.9. The van der Waals surface area contributed by atoms with Gasteiger partial charge in [-0.1, -0.05) is 37.3 Å². The SMILES string of the molecule is CCNC(C)Cc1ccc(-c2ccc3c(c2)CCO3)cc1. The van der Waals surface area contributed by atoms with Crippen LogP contribution in [0, 0.1) is 0 Å². The highest BCUT2D eigenvalue weighted by atomic mass is 16.5. The summed E-state index contributed by atoms with van der Waals surface area (Å²) in [7, 11) is 0. The molecule has 0 saturated heterocycles. The Morgan fingerprint density at radius 3 is 2.62 bits per heavy atom. The molecule has 0 saturated carbocycles. The molecule has 2 heteroatoms. The summed E-state index contributed by atoms with van der Waals surface area (Å²) in [5, 5.41) is 3.45. The Morgan fingerprint density at radius 1 is 1.10 bits per heavy atom. The van der Waals surface area contributed by atoms with E-state index >= 15 is 0 Å². The van der Waals surface area contributed by atoms with E-state index in [0.717, 1.165) is 31.7 Å². The summed E-state index contributed by atoms with van der Waals surface area (Å²) in [5.74, 6) is 1.05. The molecule has 0 radical (unpaired) electrons. The van der Waals surface area contributed by atoms with Crippen LogP contribution in [0.15, 0.2) is 42.5 Å². The fraction of sp³-hybridized carbons (Fsp3) is 0.368. The van der Waals surface area contributed by atoms with Crippen LogP contribution >= 0.6 is 0 Å². The smallest absolute Gasteiger partial charge is 0.122 e. The fourth-order valence-electron chi connectivity index (χ4n) is 2.97. The van der Waals surface area contributed by atoms with E-state index in [0.29, 0.717) is 6.04 Å². The lowest BCUT2D eigenvalue weighted by Gasteiger charge is -2.12. The molecule has 1 aliphatic rings. The van der Waals surface area contributed by atoms with Crippen molar-refractivity contribution in [2.24, 2.45) is 0 Å². The molecular weight excluding hydrogens is 258 g/mol. The fourth-order valence-corrected chi connectivity index (χ4v) is 2.97. The lowest BCUT2D eigenvalue weighted by Crippen LogP contribution is -2.27. The Kier molecular flexibility index (Phi) is 4.26. The molecule has 0 bridgehead atoms. The molecule has 110 valence electrons. The largest absolute Gasteiger partial charge is 0.493 e. The number of nitrogens with one attached hydrogen (secondary N) is 1. The van der Waals surface area contributed by atoms with Crippen molar-refractivity contribution in [3.05, 3.63) is 53.6 Å². The molecule has 0 aliphatic carbocycles. The van der Waals surface area contributed by atoms with Crippen LogP contribution in [0.2, 0.25) is 0 Å². The minimum Gasteiger partial charge on any atom is -0.493 e.